The number of anilines is 1. The first-order valence-corrected chi connectivity index (χ1v) is 10.5. The molecule has 2 aromatic rings. The van der Waals surface area contributed by atoms with Crippen LogP contribution in [-0.4, -0.2) is 30.1 Å². The summed E-state index contributed by atoms with van der Waals surface area (Å²) in [4.78, 5) is 18.4. The summed E-state index contributed by atoms with van der Waals surface area (Å²) in [6.07, 6.45) is 3.31. The molecule has 1 aliphatic heterocycles. The summed E-state index contributed by atoms with van der Waals surface area (Å²) in [5, 5.41) is 6.53. The normalized spacial score (nSPS) is 16.8. The third-order valence-corrected chi connectivity index (χ3v) is 5.44. The summed E-state index contributed by atoms with van der Waals surface area (Å²) in [6.45, 7) is 2.65. The van der Waals surface area contributed by atoms with Crippen LogP contribution in [0, 0.1) is 11.7 Å². The average Bonchev–Trinajstić information content (AvgIpc) is 3.00. The number of halogens is 2. The second-order valence-corrected chi connectivity index (χ2v) is 7.91. The Bertz CT molecular complexity index is 868. The molecule has 3 rings (SSSR count). The summed E-state index contributed by atoms with van der Waals surface area (Å²) >= 11 is 7.58. The van der Waals surface area contributed by atoms with Crippen molar-refractivity contribution in [2.45, 2.75) is 24.7 Å². The number of hydrogen-bond donors (Lipinski definition) is 0. The third kappa shape index (κ3) is 5.20. The predicted octanol–water partition coefficient (Wildman–Crippen LogP) is 5.46. The van der Waals surface area contributed by atoms with Gasteiger partial charge in [0, 0.05) is 28.4 Å². The van der Waals surface area contributed by atoms with Crippen LogP contribution in [-0.2, 0) is 4.79 Å². The van der Waals surface area contributed by atoms with Gasteiger partial charge in [0.15, 0.2) is 0 Å². The van der Waals surface area contributed by atoms with Crippen LogP contribution in [0.4, 0.5) is 10.1 Å². The van der Waals surface area contributed by atoms with Crippen LogP contribution in [0.5, 0.6) is 0 Å². The molecule has 0 saturated heterocycles. The minimum atomic E-state index is -0.453. The minimum Gasteiger partial charge on any atom is -0.295 e. The van der Waals surface area contributed by atoms with Crippen molar-refractivity contribution in [3.63, 3.8) is 0 Å². The van der Waals surface area contributed by atoms with E-state index in [1.54, 1.807) is 30.1 Å². The lowest BCUT2D eigenvalue weighted by molar-refractivity contribution is -0.118. The number of rotatable bonds is 8. The summed E-state index contributed by atoms with van der Waals surface area (Å²) in [5.74, 6) is -0.139. The van der Waals surface area contributed by atoms with E-state index in [1.807, 2.05) is 31.2 Å². The van der Waals surface area contributed by atoms with Crippen LogP contribution in [0.15, 0.2) is 63.5 Å². The number of hydrazone groups is 1. The molecule has 7 heteroatoms. The Morgan fingerprint density at radius 3 is 2.61 bits per heavy atom. The molecule has 0 aliphatic carbocycles. The maximum Gasteiger partial charge on any atom is 0.261 e. The molecule has 0 radical (unpaired) electrons. The molecule has 0 unspecified atom stereocenters. The number of carbonyl (C=O) groups excluding carboxylic acids is 1. The van der Waals surface area contributed by atoms with Crippen LogP contribution < -0.4 is 5.01 Å². The van der Waals surface area contributed by atoms with E-state index in [0.29, 0.717) is 12.2 Å². The molecule has 0 saturated carbocycles. The quantitative estimate of drug-likeness (QED) is 0.325. The fourth-order valence-electron chi connectivity index (χ4n) is 2.82. The maximum atomic E-state index is 13.2. The molecule has 1 amide bonds. The fraction of sp³-hybridized carbons (Fsp3) is 0.286. The number of nitrogens with zero attached hydrogens (tertiary/aromatic N) is 3. The Balaban J connectivity index is 1.60. The van der Waals surface area contributed by atoms with E-state index < -0.39 is 5.92 Å². The number of aliphatic imine (C=N–C) groups is 1. The third-order valence-electron chi connectivity index (χ3n) is 4.20. The van der Waals surface area contributed by atoms with E-state index in [0.717, 1.165) is 34.2 Å². The second-order valence-electron chi connectivity index (χ2n) is 6.30. The zero-order valence-electron chi connectivity index (χ0n) is 15.5. The number of thioether (sulfide) groups is 1. The van der Waals surface area contributed by atoms with Gasteiger partial charge in [-0.15, -0.1) is 11.8 Å². The Kier molecular flexibility index (Phi) is 7.23. The van der Waals surface area contributed by atoms with Crippen molar-refractivity contribution in [1.29, 1.82) is 0 Å². The predicted molar refractivity (Wildman–Crippen MR) is 115 cm³/mol. The van der Waals surface area contributed by atoms with Crippen molar-refractivity contribution in [1.82, 2.24) is 0 Å². The lowest BCUT2D eigenvalue weighted by Crippen LogP contribution is -2.28. The average molecular weight is 418 g/mol. The number of benzene rings is 2. The molecule has 0 aromatic heterocycles. The van der Waals surface area contributed by atoms with Gasteiger partial charge in [-0.05, 0) is 55.0 Å². The van der Waals surface area contributed by atoms with Gasteiger partial charge >= 0.3 is 0 Å². The molecule has 0 bridgehead atoms. The molecule has 0 spiro atoms. The smallest absolute Gasteiger partial charge is 0.261 e. The first-order valence-electron chi connectivity index (χ1n) is 9.13. The lowest BCUT2D eigenvalue weighted by atomic mass is 10.0. The molecule has 0 N–H and O–H groups in total. The fourth-order valence-corrected chi connectivity index (χ4v) is 3.71. The first-order chi connectivity index (χ1) is 13.6. The van der Waals surface area contributed by atoms with Crippen LogP contribution in [0.3, 0.4) is 0 Å². The zero-order valence-corrected chi connectivity index (χ0v) is 17.1. The van der Waals surface area contributed by atoms with Gasteiger partial charge in [0.2, 0.25) is 0 Å². The largest absolute Gasteiger partial charge is 0.295 e. The van der Waals surface area contributed by atoms with Crippen molar-refractivity contribution in [2.24, 2.45) is 16.0 Å². The Morgan fingerprint density at radius 2 is 1.93 bits per heavy atom. The summed E-state index contributed by atoms with van der Waals surface area (Å²) in [6, 6.07) is 13.4. The zero-order chi connectivity index (χ0) is 19.9. The summed E-state index contributed by atoms with van der Waals surface area (Å²) in [5.41, 5.74) is 1.36. The van der Waals surface area contributed by atoms with E-state index in [1.165, 1.54) is 17.1 Å². The molecular weight excluding hydrogens is 397 g/mol. The lowest BCUT2D eigenvalue weighted by Gasteiger charge is -2.12. The summed E-state index contributed by atoms with van der Waals surface area (Å²) < 4.78 is 13.2. The molecule has 0 fully saturated rings. The highest BCUT2D eigenvalue weighted by Gasteiger charge is 2.34. The van der Waals surface area contributed by atoms with E-state index in [9.17, 15) is 9.18 Å². The van der Waals surface area contributed by atoms with Crippen molar-refractivity contribution in [2.75, 3.05) is 17.3 Å². The second kappa shape index (κ2) is 9.85. The monoisotopic (exact) mass is 417 g/mol. The van der Waals surface area contributed by atoms with Crippen LogP contribution >= 0.6 is 23.4 Å². The number of hydrogen-bond acceptors (Lipinski definition) is 4. The topological polar surface area (TPSA) is 45.0 Å². The SMILES string of the molecule is CCCC1=NN(c2ccc(F)cc2)C(=O)[C@H]1C=NCCSc1ccc(Cl)cc1. The molecule has 1 atom stereocenters. The van der Waals surface area contributed by atoms with E-state index in [4.69, 9.17) is 11.6 Å². The Labute approximate surface area is 173 Å². The van der Waals surface area contributed by atoms with Crippen LogP contribution in [0.25, 0.3) is 0 Å². The molecule has 146 valence electrons. The van der Waals surface area contributed by atoms with Gasteiger partial charge in [-0.2, -0.15) is 10.1 Å². The van der Waals surface area contributed by atoms with Crippen LogP contribution in [0.1, 0.15) is 19.8 Å². The van der Waals surface area contributed by atoms with E-state index in [2.05, 4.69) is 10.1 Å². The van der Waals surface area contributed by atoms with Crippen molar-refractivity contribution in [3.8, 4) is 0 Å². The van der Waals surface area contributed by atoms with Gasteiger partial charge in [-0.25, -0.2) is 4.39 Å². The van der Waals surface area contributed by atoms with Gasteiger partial charge < -0.3 is 0 Å². The van der Waals surface area contributed by atoms with Crippen LogP contribution in [0.2, 0.25) is 5.02 Å². The highest BCUT2D eigenvalue weighted by molar-refractivity contribution is 7.99. The highest BCUT2D eigenvalue weighted by Crippen LogP contribution is 2.25. The number of amides is 1. The first kappa shape index (κ1) is 20.6. The standard InChI is InChI=1S/C21H21ClFN3OS/c1-2-3-20-19(14-24-12-13-28-18-10-4-15(22)5-11-18)21(27)26(25-20)17-8-6-16(23)7-9-17/h4-11,14,19H,2-3,12-13H2,1H3/t19-/m0/s1. The highest BCUT2D eigenvalue weighted by atomic mass is 35.5. The molecule has 1 heterocycles. The Morgan fingerprint density at radius 1 is 1.21 bits per heavy atom. The number of carbonyl (C=O) groups is 1. The van der Waals surface area contributed by atoms with Gasteiger partial charge in [0.25, 0.3) is 5.91 Å². The van der Waals surface area contributed by atoms with Gasteiger partial charge in [-0.1, -0.05) is 24.9 Å². The minimum absolute atomic E-state index is 0.149. The van der Waals surface area contributed by atoms with Gasteiger partial charge in [0.05, 0.1) is 11.4 Å². The van der Waals surface area contributed by atoms with E-state index in [-0.39, 0.29) is 11.7 Å². The maximum absolute atomic E-state index is 13.2. The van der Waals surface area contributed by atoms with Gasteiger partial charge in [-0.3, -0.25) is 9.79 Å². The molecular formula is C21H21ClFN3OS. The molecule has 4 nitrogen and oxygen atoms in total. The van der Waals surface area contributed by atoms with Gasteiger partial charge in [0.1, 0.15) is 11.7 Å². The van der Waals surface area contributed by atoms with Crippen molar-refractivity contribution >= 4 is 46.9 Å². The van der Waals surface area contributed by atoms with Crippen molar-refractivity contribution in [3.05, 3.63) is 59.4 Å². The van der Waals surface area contributed by atoms with E-state index >= 15 is 0 Å². The molecule has 28 heavy (non-hydrogen) atoms. The van der Waals surface area contributed by atoms with Crippen molar-refractivity contribution < 1.29 is 9.18 Å². The Hall–Kier alpha value is -2.18. The molecule has 1 aliphatic rings. The summed E-state index contributed by atoms with van der Waals surface area (Å²) in [7, 11) is 0. The molecule has 2 aromatic carbocycles.